The maximum absolute atomic E-state index is 12.9. The molecule has 0 radical (unpaired) electrons. The third-order valence-electron chi connectivity index (χ3n) is 3.86. The van der Waals surface area contributed by atoms with Crippen molar-refractivity contribution in [2.75, 3.05) is 13.1 Å². The van der Waals surface area contributed by atoms with E-state index in [1.54, 1.807) is 4.68 Å². The van der Waals surface area contributed by atoms with Gasteiger partial charge in [-0.1, -0.05) is 30.3 Å². The summed E-state index contributed by atoms with van der Waals surface area (Å²) in [5.41, 5.74) is 9.11. The molecule has 0 aliphatic rings. The molecule has 0 spiro atoms. The zero-order valence-corrected chi connectivity index (χ0v) is 13.5. The molecule has 0 saturated heterocycles. The van der Waals surface area contributed by atoms with Gasteiger partial charge < -0.3 is 10.6 Å². The van der Waals surface area contributed by atoms with E-state index in [1.807, 2.05) is 56.1 Å². The SMILES string of the molecule is Cc1nn(C)c(C)c1C(=O)N(CCCN)Cc1ccccc1. The number of rotatable bonds is 6. The van der Waals surface area contributed by atoms with Crippen molar-refractivity contribution in [1.82, 2.24) is 14.7 Å². The topological polar surface area (TPSA) is 64.2 Å². The van der Waals surface area contributed by atoms with Crippen molar-refractivity contribution in [3.05, 3.63) is 52.8 Å². The molecule has 0 saturated carbocycles. The summed E-state index contributed by atoms with van der Waals surface area (Å²) < 4.78 is 1.76. The first-order valence-electron chi connectivity index (χ1n) is 7.58. The number of nitrogens with two attached hydrogens (primary N) is 1. The van der Waals surface area contributed by atoms with E-state index in [0.717, 1.165) is 23.4 Å². The van der Waals surface area contributed by atoms with Crippen LogP contribution in [0, 0.1) is 13.8 Å². The van der Waals surface area contributed by atoms with Crippen molar-refractivity contribution in [2.45, 2.75) is 26.8 Å². The summed E-state index contributed by atoms with van der Waals surface area (Å²) in [7, 11) is 1.86. The van der Waals surface area contributed by atoms with Crippen LogP contribution in [0.1, 0.15) is 33.7 Å². The summed E-state index contributed by atoms with van der Waals surface area (Å²) in [4.78, 5) is 14.8. The Morgan fingerprint density at radius 3 is 2.50 bits per heavy atom. The Hall–Kier alpha value is -2.14. The Bertz CT molecular complexity index is 634. The standard InChI is InChI=1S/C17H24N4O/c1-13-16(14(2)20(3)19-13)17(22)21(11-7-10-18)12-15-8-5-4-6-9-15/h4-6,8-9H,7,10-12,18H2,1-3H3. The van der Waals surface area contributed by atoms with E-state index < -0.39 is 0 Å². The van der Waals surface area contributed by atoms with Gasteiger partial charge in [0.15, 0.2) is 0 Å². The molecular formula is C17H24N4O. The molecule has 1 aromatic heterocycles. The van der Waals surface area contributed by atoms with Gasteiger partial charge in [-0.05, 0) is 32.4 Å². The first-order valence-corrected chi connectivity index (χ1v) is 7.58. The molecule has 2 N–H and O–H groups in total. The second-order valence-electron chi connectivity index (χ2n) is 5.52. The zero-order valence-electron chi connectivity index (χ0n) is 13.5. The van der Waals surface area contributed by atoms with Crippen LogP contribution in [0.25, 0.3) is 0 Å². The molecule has 118 valence electrons. The van der Waals surface area contributed by atoms with Gasteiger partial charge >= 0.3 is 0 Å². The molecule has 5 heteroatoms. The average molecular weight is 300 g/mol. The minimum Gasteiger partial charge on any atom is -0.334 e. The minimum absolute atomic E-state index is 0.0282. The molecule has 1 amide bonds. The van der Waals surface area contributed by atoms with Crippen LogP contribution in [0.5, 0.6) is 0 Å². The van der Waals surface area contributed by atoms with Crippen molar-refractivity contribution >= 4 is 5.91 Å². The molecule has 2 rings (SSSR count). The number of aryl methyl sites for hydroxylation is 2. The van der Waals surface area contributed by atoms with Crippen LogP contribution in [0.15, 0.2) is 30.3 Å². The Morgan fingerprint density at radius 1 is 1.27 bits per heavy atom. The second kappa shape index (κ2) is 7.22. The first kappa shape index (κ1) is 16.2. The monoisotopic (exact) mass is 300 g/mol. The van der Waals surface area contributed by atoms with Gasteiger partial charge in [-0.2, -0.15) is 5.10 Å². The van der Waals surface area contributed by atoms with Gasteiger partial charge in [0.05, 0.1) is 11.3 Å². The van der Waals surface area contributed by atoms with Crippen LogP contribution >= 0.6 is 0 Å². The van der Waals surface area contributed by atoms with E-state index in [4.69, 9.17) is 5.73 Å². The van der Waals surface area contributed by atoms with Gasteiger partial charge in [0.2, 0.25) is 0 Å². The summed E-state index contributed by atoms with van der Waals surface area (Å²) in [6.45, 7) is 5.62. The number of carbonyl (C=O) groups is 1. The second-order valence-corrected chi connectivity index (χ2v) is 5.52. The largest absolute Gasteiger partial charge is 0.334 e. The van der Waals surface area contributed by atoms with Crippen LogP contribution in [-0.4, -0.2) is 33.7 Å². The Morgan fingerprint density at radius 2 is 1.95 bits per heavy atom. The van der Waals surface area contributed by atoms with E-state index in [9.17, 15) is 4.79 Å². The fraction of sp³-hybridized carbons (Fsp3) is 0.412. The lowest BCUT2D eigenvalue weighted by atomic mass is 10.1. The molecule has 0 bridgehead atoms. The van der Waals surface area contributed by atoms with Crippen molar-refractivity contribution < 1.29 is 4.79 Å². The van der Waals surface area contributed by atoms with Crippen molar-refractivity contribution in [3.8, 4) is 0 Å². The molecular weight excluding hydrogens is 276 g/mol. The molecule has 1 heterocycles. The maximum atomic E-state index is 12.9. The third-order valence-corrected chi connectivity index (χ3v) is 3.86. The lowest BCUT2D eigenvalue weighted by Gasteiger charge is -2.23. The Balaban J connectivity index is 2.26. The fourth-order valence-corrected chi connectivity index (χ4v) is 2.58. The summed E-state index contributed by atoms with van der Waals surface area (Å²) in [5, 5.41) is 4.35. The van der Waals surface area contributed by atoms with Gasteiger partial charge in [0, 0.05) is 25.8 Å². The minimum atomic E-state index is 0.0282. The number of carbonyl (C=O) groups excluding carboxylic acids is 1. The van der Waals surface area contributed by atoms with Crippen molar-refractivity contribution in [3.63, 3.8) is 0 Å². The highest BCUT2D eigenvalue weighted by atomic mass is 16.2. The molecule has 5 nitrogen and oxygen atoms in total. The molecule has 0 atom stereocenters. The van der Waals surface area contributed by atoms with E-state index >= 15 is 0 Å². The zero-order chi connectivity index (χ0) is 16.1. The molecule has 0 unspecified atom stereocenters. The molecule has 22 heavy (non-hydrogen) atoms. The molecule has 0 aliphatic carbocycles. The van der Waals surface area contributed by atoms with Gasteiger partial charge in [-0.15, -0.1) is 0 Å². The third kappa shape index (κ3) is 3.54. The van der Waals surface area contributed by atoms with Gasteiger partial charge in [0.25, 0.3) is 5.91 Å². The van der Waals surface area contributed by atoms with Gasteiger partial charge in [-0.25, -0.2) is 0 Å². The fourth-order valence-electron chi connectivity index (χ4n) is 2.58. The van der Waals surface area contributed by atoms with E-state index in [-0.39, 0.29) is 5.91 Å². The van der Waals surface area contributed by atoms with E-state index in [0.29, 0.717) is 25.2 Å². The maximum Gasteiger partial charge on any atom is 0.257 e. The Kier molecular flexibility index (Phi) is 5.33. The number of hydrogen-bond donors (Lipinski definition) is 1. The summed E-state index contributed by atoms with van der Waals surface area (Å²) in [6.07, 6.45) is 0.789. The lowest BCUT2D eigenvalue weighted by Crippen LogP contribution is -2.33. The van der Waals surface area contributed by atoms with E-state index in [1.165, 1.54) is 0 Å². The van der Waals surface area contributed by atoms with Crippen LogP contribution in [-0.2, 0) is 13.6 Å². The number of aromatic nitrogens is 2. The summed E-state index contributed by atoms with van der Waals surface area (Å²) in [5.74, 6) is 0.0282. The molecule has 0 aliphatic heterocycles. The quantitative estimate of drug-likeness (QED) is 0.888. The highest BCUT2D eigenvalue weighted by Gasteiger charge is 2.22. The van der Waals surface area contributed by atoms with Crippen LogP contribution in [0.2, 0.25) is 0 Å². The molecule has 0 fully saturated rings. The predicted molar refractivity (Wildman–Crippen MR) is 87.5 cm³/mol. The summed E-state index contributed by atoms with van der Waals surface area (Å²) >= 11 is 0. The molecule has 2 aromatic rings. The lowest BCUT2D eigenvalue weighted by molar-refractivity contribution is 0.0740. The number of hydrogen-bond acceptors (Lipinski definition) is 3. The average Bonchev–Trinajstić information content (AvgIpc) is 2.77. The van der Waals surface area contributed by atoms with Crippen LogP contribution < -0.4 is 5.73 Å². The number of amides is 1. The van der Waals surface area contributed by atoms with Crippen LogP contribution in [0.3, 0.4) is 0 Å². The van der Waals surface area contributed by atoms with E-state index in [2.05, 4.69) is 5.10 Å². The highest BCUT2D eigenvalue weighted by molar-refractivity contribution is 5.96. The number of nitrogens with zero attached hydrogens (tertiary/aromatic N) is 3. The first-order chi connectivity index (χ1) is 10.5. The van der Waals surface area contributed by atoms with Gasteiger partial charge in [-0.3, -0.25) is 9.48 Å². The van der Waals surface area contributed by atoms with Gasteiger partial charge in [0.1, 0.15) is 0 Å². The van der Waals surface area contributed by atoms with Crippen molar-refractivity contribution in [1.29, 1.82) is 0 Å². The Labute approximate surface area is 131 Å². The number of benzene rings is 1. The highest BCUT2D eigenvalue weighted by Crippen LogP contribution is 2.17. The molecule has 1 aromatic carbocycles. The van der Waals surface area contributed by atoms with Crippen LogP contribution in [0.4, 0.5) is 0 Å². The summed E-state index contributed by atoms with van der Waals surface area (Å²) in [6, 6.07) is 10.0. The smallest absolute Gasteiger partial charge is 0.257 e. The predicted octanol–water partition coefficient (Wildman–Crippen LogP) is 2.03. The normalized spacial score (nSPS) is 10.7. The van der Waals surface area contributed by atoms with Crippen molar-refractivity contribution in [2.24, 2.45) is 12.8 Å².